The van der Waals surface area contributed by atoms with Crippen molar-refractivity contribution in [2.75, 3.05) is 25.5 Å². The first kappa shape index (κ1) is 15.9. The van der Waals surface area contributed by atoms with E-state index in [2.05, 4.69) is 4.72 Å². The van der Waals surface area contributed by atoms with Gasteiger partial charge in [-0.3, -0.25) is 4.79 Å². The Kier molecular flexibility index (Phi) is 4.36. The van der Waals surface area contributed by atoms with E-state index < -0.39 is 16.3 Å². The molecule has 0 radical (unpaired) electrons. The van der Waals surface area contributed by atoms with E-state index >= 15 is 0 Å². The number of anilines is 1. The molecule has 21 heavy (non-hydrogen) atoms. The van der Waals surface area contributed by atoms with Gasteiger partial charge in [0.25, 0.3) is 10.2 Å². The van der Waals surface area contributed by atoms with Gasteiger partial charge in [0.1, 0.15) is 0 Å². The maximum atomic E-state index is 12.1. The van der Waals surface area contributed by atoms with Crippen molar-refractivity contribution in [3.05, 3.63) is 29.3 Å². The first-order chi connectivity index (χ1) is 9.70. The summed E-state index contributed by atoms with van der Waals surface area (Å²) in [4.78, 5) is 13.7. The van der Waals surface area contributed by atoms with Crippen molar-refractivity contribution in [1.82, 2.24) is 9.03 Å². The van der Waals surface area contributed by atoms with E-state index in [1.807, 2.05) is 32.0 Å². The van der Waals surface area contributed by atoms with Crippen LogP contribution in [0.15, 0.2) is 18.2 Å². The quantitative estimate of drug-likeness (QED) is 0.894. The Morgan fingerprint density at radius 3 is 2.48 bits per heavy atom. The summed E-state index contributed by atoms with van der Waals surface area (Å²) in [6, 6.07) is 5.42. The van der Waals surface area contributed by atoms with E-state index in [-0.39, 0.29) is 12.3 Å². The Labute approximate surface area is 125 Å². The zero-order valence-electron chi connectivity index (χ0n) is 12.8. The molecule has 7 heteroatoms. The van der Waals surface area contributed by atoms with Crippen molar-refractivity contribution < 1.29 is 13.2 Å². The summed E-state index contributed by atoms with van der Waals surface area (Å²) in [5, 5.41) is 0. The summed E-state index contributed by atoms with van der Waals surface area (Å²) in [6.07, 6.45) is 0.181. The minimum Gasteiger partial charge on any atom is -0.311 e. The Bertz CT molecular complexity index is 655. The minimum absolute atomic E-state index is 0.0651. The van der Waals surface area contributed by atoms with Crippen molar-refractivity contribution in [2.45, 2.75) is 26.3 Å². The van der Waals surface area contributed by atoms with E-state index in [4.69, 9.17) is 0 Å². The molecular formula is C14H21N3O3S. The third-order valence-corrected chi connectivity index (χ3v) is 5.32. The molecule has 2 rings (SSSR count). The number of benzene rings is 1. The van der Waals surface area contributed by atoms with E-state index in [9.17, 15) is 13.2 Å². The lowest BCUT2D eigenvalue weighted by molar-refractivity contribution is -0.117. The fourth-order valence-electron chi connectivity index (χ4n) is 2.25. The van der Waals surface area contributed by atoms with Crippen molar-refractivity contribution >= 4 is 21.8 Å². The van der Waals surface area contributed by atoms with Crippen LogP contribution in [0.3, 0.4) is 0 Å². The van der Waals surface area contributed by atoms with Gasteiger partial charge in [0.05, 0.1) is 0 Å². The monoisotopic (exact) mass is 311 g/mol. The first-order valence-electron chi connectivity index (χ1n) is 6.78. The van der Waals surface area contributed by atoms with E-state index in [0.717, 1.165) is 21.1 Å². The summed E-state index contributed by atoms with van der Waals surface area (Å²) in [5.74, 6) is -0.0651. The first-order valence-corrected chi connectivity index (χ1v) is 8.22. The highest BCUT2D eigenvalue weighted by atomic mass is 32.2. The third kappa shape index (κ3) is 3.42. The van der Waals surface area contributed by atoms with Crippen molar-refractivity contribution in [3.63, 3.8) is 0 Å². The number of aryl methyl sites for hydroxylation is 2. The van der Waals surface area contributed by atoms with Crippen molar-refractivity contribution in [3.8, 4) is 0 Å². The van der Waals surface area contributed by atoms with Crippen LogP contribution < -0.4 is 9.62 Å². The molecule has 6 nitrogen and oxygen atoms in total. The lowest BCUT2D eigenvalue weighted by Gasteiger charge is -2.19. The summed E-state index contributed by atoms with van der Waals surface area (Å²) < 4.78 is 27.3. The van der Waals surface area contributed by atoms with E-state index in [1.54, 1.807) is 4.90 Å². The normalized spacial score (nSPS) is 19.6. The summed E-state index contributed by atoms with van der Waals surface area (Å²) in [5.41, 5.74) is 3.09. The number of carbonyl (C=O) groups is 1. The zero-order valence-corrected chi connectivity index (χ0v) is 13.6. The molecule has 0 bridgehead atoms. The predicted molar refractivity (Wildman–Crippen MR) is 82.4 cm³/mol. The number of hydrogen-bond donors (Lipinski definition) is 1. The van der Waals surface area contributed by atoms with Crippen LogP contribution in [0.25, 0.3) is 0 Å². The molecule has 1 aromatic rings. The van der Waals surface area contributed by atoms with Gasteiger partial charge < -0.3 is 4.90 Å². The number of amides is 1. The van der Waals surface area contributed by atoms with Gasteiger partial charge in [0, 0.05) is 38.8 Å². The number of nitrogens with zero attached hydrogens (tertiary/aromatic N) is 2. The van der Waals surface area contributed by atoms with Gasteiger partial charge >= 0.3 is 0 Å². The fraction of sp³-hybridized carbons (Fsp3) is 0.500. The molecule has 1 N–H and O–H groups in total. The number of carbonyl (C=O) groups excluding carboxylic acids is 1. The van der Waals surface area contributed by atoms with Crippen LogP contribution in [0.4, 0.5) is 5.69 Å². The van der Waals surface area contributed by atoms with Gasteiger partial charge in [0.15, 0.2) is 0 Å². The van der Waals surface area contributed by atoms with Gasteiger partial charge in [-0.05, 0) is 37.1 Å². The van der Waals surface area contributed by atoms with Crippen LogP contribution in [0.1, 0.15) is 17.5 Å². The molecule has 1 aliphatic heterocycles. The fourth-order valence-corrected chi connectivity index (χ4v) is 3.04. The molecule has 0 spiro atoms. The van der Waals surface area contributed by atoms with Gasteiger partial charge in [-0.1, -0.05) is 6.07 Å². The Balaban J connectivity index is 2.15. The molecule has 1 amide bonds. The molecule has 1 aliphatic rings. The maximum Gasteiger partial charge on any atom is 0.279 e. The number of nitrogens with one attached hydrogen (secondary N) is 1. The molecule has 1 heterocycles. The number of rotatable bonds is 4. The molecule has 1 aromatic carbocycles. The molecular weight excluding hydrogens is 290 g/mol. The van der Waals surface area contributed by atoms with Gasteiger partial charge in [-0.2, -0.15) is 17.4 Å². The highest BCUT2D eigenvalue weighted by Gasteiger charge is 2.33. The second kappa shape index (κ2) is 5.75. The molecule has 1 atom stereocenters. The molecule has 0 unspecified atom stereocenters. The van der Waals surface area contributed by atoms with Crippen molar-refractivity contribution in [2.24, 2.45) is 0 Å². The molecule has 0 aliphatic carbocycles. The second-order valence-corrected chi connectivity index (χ2v) is 7.50. The molecule has 0 saturated carbocycles. The Morgan fingerprint density at radius 2 is 1.90 bits per heavy atom. The largest absolute Gasteiger partial charge is 0.311 e. The van der Waals surface area contributed by atoms with Crippen LogP contribution in [0.2, 0.25) is 0 Å². The van der Waals surface area contributed by atoms with Gasteiger partial charge in [-0.25, -0.2) is 0 Å². The van der Waals surface area contributed by atoms with Crippen LogP contribution in [0, 0.1) is 13.8 Å². The van der Waals surface area contributed by atoms with E-state index in [0.29, 0.717) is 6.54 Å². The Morgan fingerprint density at radius 1 is 1.24 bits per heavy atom. The van der Waals surface area contributed by atoms with Gasteiger partial charge in [-0.15, -0.1) is 0 Å². The topological polar surface area (TPSA) is 69.7 Å². The molecule has 1 saturated heterocycles. The smallest absolute Gasteiger partial charge is 0.279 e. The van der Waals surface area contributed by atoms with Crippen LogP contribution >= 0.6 is 0 Å². The highest BCUT2D eigenvalue weighted by molar-refractivity contribution is 7.87. The minimum atomic E-state index is -3.52. The Hall–Kier alpha value is -1.44. The average Bonchev–Trinajstić information content (AvgIpc) is 2.72. The molecule has 116 valence electrons. The lowest BCUT2D eigenvalue weighted by atomic mass is 10.1. The summed E-state index contributed by atoms with van der Waals surface area (Å²) in [6.45, 7) is 4.36. The summed E-state index contributed by atoms with van der Waals surface area (Å²) >= 11 is 0. The lowest BCUT2D eigenvalue weighted by Crippen LogP contribution is -2.43. The van der Waals surface area contributed by atoms with Gasteiger partial charge in [0.2, 0.25) is 5.91 Å². The van der Waals surface area contributed by atoms with E-state index in [1.165, 1.54) is 14.1 Å². The standard InChI is InChI=1S/C14H21N3O3S/c1-10-5-6-13(7-11(10)2)17-9-12(8-14(17)18)15-21(19,20)16(3)4/h5-7,12,15H,8-9H2,1-4H3/t12-/m0/s1. The van der Waals surface area contributed by atoms with Crippen molar-refractivity contribution in [1.29, 1.82) is 0 Å². The SMILES string of the molecule is Cc1ccc(N2C[C@@H](NS(=O)(=O)N(C)C)CC2=O)cc1C. The number of hydrogen-bond acceptors (Lipinski definition) is 3. The highest BCUT2D eigenvalue weighted by Crippen LogP contribution is 2.24. The summed E-state index contributed by atoms with van der Waals surface area (Å²) in [7, 11) is -0.604. The third-order valence-electron chi connectivity index (χ3n) is 3.72. The van der Waals surface area contributed by atoms with Crippen LogP contribution in [-0.2, 0) is 15.0 Å². The molecule has 1 fully saturated rings. The second-order valence-electron chi connectivity index (χ2n) is 5.58. The van der Waals surface area contributed by atoms with Crippen LogP contribution in [-0.4, -0.2) is 45.3 Å². The molecule has 0 aromatic heterocycles. The predicted octanol–water partition coefficient (Wildman–Crippen LogP) is 0.805. The zero-order chi connectivity index (χ0) is 15.8. The van der Waals surface area contributed by atoms with Crippen LogP contribution in [0.5, 0.6) is 0 Å². The maximum absolute atomic E-state index is 12.1. The average molecular weight is 311 g/mol.